The van der Waals surface area contributed by atoms with Gasteiger partial charge in [0.1, 0.15) is 6.04 Å². The largest absolute Gasteiger partial charge is 0.298 e. The quantitative estimate of drug-likeness (QED) is 0.625. The van der Waals surface area contributed by atoms with E-state index in [2.05, 4.69) is 11.4 Å². The van der Waals surface area contributed by atoms with E-state index in [1.165, 1.54) is 6.07 Å². The molecule has 5 heteroatoms. The van der Waals surface area contributed by atoms with Crippen LogP contribution in [0.2, 0.25) is 0 Å². The van der Waals surface area contributed by atoms with E-state index in [4.69, 9.17) is 5.26 Å². The van der Waals surface area contributed by atoms with Crippen molar-refractivity contribution in [3.05, 3.63) is 39.9 Å². The summed E-state index contributed by atoms with van der Waals surface area (Å²) in [6.07, 6.45) is 0. The fourth-order valence-electron chi connectivity index (χ4n) is 1.48. The number of hydrogen-bond acceptors (Lipinski definition) is 4. The average Bonchev–Trinajstić information content (AvgIpc) is 2.30. The van der Waals surface area contributed by atoms with Crippen LogP contribution >= 0.6 is 0 Å². The highest BCUT2D eigenvalue weighted by molar-refractivity contribution is 5.44. The van der Waals surface area contributed by atoms with Crippen LogP contribution in [0.25, 0.3) is 0 Å². The monoisotopic (exact) mass is 233 g/mol. The standard InChI is InChI=1S/C12H15N3O2/c1-9(2)8-14-11(7-13)10-5-3-4-6-12(10)15(16)17/h3-6,9,11,14H,8H2,1-2H3. The molecule has 0 amide bonds. The van der Waals surface area contributed by atoms with E-state index in [-0.39, 0.29) is 5.69 Å². The minimum absolute atomic E-state index is 0.0182. The smallest absolute Gasteiger partial charge is 0.275 e. The van der Waals surface area contributed by atoms with Crippen molar-refractivity contribution in [2.45, 2.75) is 19.9 Å². The molecule has 1 aromatic carbocycles. The van der Waals surface area contributed by atoms with Crippen LogP contribution in [-0.4, -0.2) is 11.5 Å². The normalized spacial score (nSPS) is 12.1. The third kappa shape index (κ3) is 3.54. The summed E-state index contributed by atoms with van der Waals surface area (Å²) in [6.45, 7) is 4.67. The van der Waals surface area contributed by atoms with Crippen molar-refractivity contribution in [2.75, 3.05) is 6.54 Å². The molecule has 0 fully saturated rings. The van der Waals surface area contributed by atoms with Gasteiger partial charge >= 0.3 is 0 Å². The summed E-state index contributed by atoms with van der Waals surface area (Å²) >= 11 is 0. The molecule has 0 spiro atoms. The summed E-state index contributed by atoms with van der Waals surface area (Å²) in [4.78, 5) is 10.4. The van der Waals surface area contributed by atoms with Crippen LogP contribution in [0, 0.1) is 27.4 Å². The molecule has 0 bridgehead atoms. The zero-order chi connectivity index (χ0) is 12.8. The molecule has 0 aliphatic carbocycles. The van der Waals surface area contributed by atoms with Crippen molar-refractivity contribution >= 4 is 5.69 Å². The van der Waals surface area contributed by atoms with Gasteiger partial charge in [0.2, 0.25) is 0 Å². The highest BCUT2D eigenvalue weighted by Crippen LogP contribution is 2.24. The van der Waals surface area contributed by atoms with E-state index in [0.717, 1.165) is 0 Å². The lowest BCUT2D eigenvalue weighted by atomic mass is 10.1. The Kier molecular flexibility index (Phi) is 4.61. The second-order valence-corrected chi connectivity index (χ2v) is 4.18. The van der Waals surface area contributed by atoms with E-state index in [9.17, 15) is 10.1 Å². The van der Waals surface area contributed by atoms with Gasteiger partial charge < -0.3 is 0 Å². The number of nitriles is 1. The number of nitrogens with one attached hydrogen (secondary N) is 1. The van der Waals surface area contributed by atoms with Gasteiger partial charge in [-0.05, 0) is 18.5 Å². The molecule has 1 rings (SSSR count). The molecule has 5 nitrogen and oxygen atoms in total. The predicted octanol–water partition coefficient (Wildman–Crippen LogP) is 2.41. The molecule has 0 saturated heterocycles. The van der Waals surface area contributed by atoms with Gasteiger partial charge in [0.15, 0.2) is 0 Å². The number of para-hydroxylation sites is 1. The Hall–Kier alpha value is -1.93. The minimum Gasteiger partial charge on any atom is -0.298 e. The number of hydrogen-bond donors (Lipinski definition) is 1. The Morgan fingerprint density at radius 1 is 1.47 bits per heavy atom. The number of benzene rings is 1. The summed E-state index contributed by atoms with van der Waals surface area (Å²) < 4.78 is 0. The third-order valence-electron chi connectivity index (χ3n) is 2.30. The SMILES string of the molecule is CC(C)CNC(C#N)c1ccccc1[N+](=O)[O-]. The van der Waals surface area contributed by atoms with E-state index >= 15 is 0 Å². The summed E-state index contributed by atoms with van der Waals surface area (Å²) in [5.41, 5.74) is 0.399. The third-order valence-corrected chi connectivity index (χ3v) is 2.30. The van der Waals surface area contributed by atoms with Gasteiger partial charge in [0.05, 0.1) is 16.6 Å². The summed E-state index contributed by atoms with van der Waals surface area (Å²) in [5, 5.41) is 22.9. The second kappa shape index (κ2) is 5.97. The molecule has 0 aliphatic rings. The Morgan fingerprint density at radius 3 is 2.65 bits per heavy atom. The number of nitro groups is 1. The molecular weight excluding hydrogens is 218 g/mol. The Balaban J connectivity index is 2.96. The Morgan fingerprint density at radius 2 is 2.12 bits per heavy atom. The lowest BCUT2D eigenvalue weighted by molar-refractivity contribution is -0.385. The first-order valence-electron chi connectivity index (χ1n) is 5.42. The van der Waals surface area contributed by atoms with E-state index in [1.54, 1.807) is 18.2 Å². The van der Waals surface area contributed by atoms with Gasteiger partial charge in [0.25, 0.3) is 5.69 Å². The maximum atomic E-state index is 10.8. The summed E-state index contributed by atoms with van der Waals surface area (Å²) in [5.74, 6) is 0.383. The van der Waals surface area contributed by atoms with Crippen molar-refractivity contribution in [1.29, 1.82) is 5.26 Å². The number of rotatable bonds is 5. The zero-order valence-corrected chi connectivity index (χ0v) is 9.88. The van der Waals surface area contributed by atoms with Crippen molar-refractivity contribution in [2.24, 2.45) is 5.92 Å². The molecule has 1 atom stereocenters. The van der Waals surface area contributed by atoms with Gasteiger partial charge in [0, 0.05) is 6.07 Å². The Bertz CT molecular complexity index is 438. The molecule has 1 aromatic rings. The predicted molar refractivity (Wildman–Crippen MR) is 64.3 cm³/mol. The maximum Gasteiger partial charge on any atom is 0.275 e. The minimum atomic E-state index is -0.640. The van der Waals surface area contributed by atoms with Crippen LogP contribution in [0.3, 0.4) is 0 Å². The molecule has 1 unspecified atom stereocenters. The first-order chi connectivity index (χ1) is 8.06. The van der Waals surface area contributed by atoms with Crippen molar-refractivity contribution in [3.63, 3.8) is 0 Å². The summed E-state index contributed by atoms with van der Waals surface area (Å²) in [6, 6.07) is 7.73. The van der Waals surface area contributed by atoms with Crippen molar-refractivity contribution < 1.29 is 4.92 Å². The fraction of sp³-hybridized carbons (Fsp3) is 0.417. The second-order valence-electron chi connectivity index (χ2n) is 4.18. The highest BCUT2D eigenvalue weighted by Gasteiger charge is 2.20. The van der Waals surface area contributed by atoms with E-state index in [0.29, 0.717) is 18.0 Å². The van der Waals surface area contributed by atoms with Gasteiger partial charge in [-0.2, -0.15) is 5.26 Å². The fourth-order valence-corrected chi connectivity index (χ4v) is 1.48. The first kappa shape index (κ1) is 13.1. The van der Waals surface area contributed by atoms with Crippen molar-refractivity contribution in [1.82, 2.24) is 5.32 Å². The van der Waals surface area contributed by atoms with Gasteiger partial charge in [-0.1, -0.05) is 26.0 Å². The molecule has 90 valence electrons. The maximum absolute atomic E-state index is 10.8. The molecule has 0 saturated carbocycles. The van der Waals surface area contributed by atoms with E-state index in [1.807, 2.05) is 13.8 Å². The average molecular weight is 233 g/mol. The van der Waals surface area contributed by atoms with Gasteiger partial charge in [-0.3, -0.25) is 15.4 Å². The Labute approximate surface area is 100 Å². The van der Waals surface area contributed by atoms with Gasteiger partial charge in [-0.25, -0.2) is 0 Å². The molecule has 17 heavy (non-hydrogen) atoms. The molecule has 0 heterocycles. The van der Waals surface area contributed by atoms with Crippen LogP contribution in [0.1, 0.15) is 25.5 Å². The van der Waals surface area contributed by atoms with E-state index < -0.39 is 11.0 Å². The number of nitrogens with zero attached hydrogens (tertiary/aromatic N) is 2. The van der Waals surface area contributed by atoms with Crippen LogP contribution in [0.5, 0.6) is 0 Å². The first-order valence-corrected chi connectivity index (χ1v) is 5.42. The van der Waals surface area contributed by atoms with Crippen LogP contribution in [0.4, 0.5) is 5.69 Å². The molecule has 0 radical (unpaired) electrons. The van der Waals surface area contributed by atoms with Gasteiger partial charge in [-0.15, -0.1) is 0 Å². The lowest BCUT2D eigenvalue weighted by Crippen LogP contribution is -2.24. The molecule has 1 N–H and O–H groups in total. The van der Waals surface area contributed by atoms with Crippen molar-refractivity contribution in [3.8, 4) is 6.07 Å². The zero-order valence-electron chi connectivity index (χ0n) is 9.88. The van der Waals surface area contributed by atoms with Crippen LogP contribution in [0.15, 0.2) is 24.3 Å². The topological polar surface area (TPSA) is 79.0 Å². The summed E-state index contributed by atoms with van der Waals surface area (Å²) in [7, 11) is 0. The van der Waals surface area contributed by atoms with Crippen LogP contribution < -0.4 is 5.32 Å². The lowest BCUT2D eigenvalue weighted by Gasteiger charge is -2.13. The molecule has 0 aliphatic heterocycles. The number of nitro benzene ring substituents is 1. The highest BCUT2D eigenvalue weighted by atomic mass is 16.6. The molecular formula is C12H15N3O2. The van der Waals surface area contributed by atoms with Crippen LogP contribution in [-0.2, 0) is 0 Å². The molecule has 0 aromatic heterocycles.